The van der Waals surface area contributed by atoms with Crippen molar-refractivity contribution >= 4 is 27.5 Å². The Morgan fingerprint density at radius 1 is 0.932 bits per heavy atom. The van der Waals surface area contributed by atoms with Crippen LogP contribution in [0.15, 0.2) is 78.9 Å². The van der Waals surface area contributed by atoms with Gasteiger partial charge in [-0.2, -0.15) is 0 Å². The molecule has 0 bridgehead atoms. The molecule has 8 nitrogen and oxygen atoms in total. The zero-order valence-electron chi connectivity index (χ0n) is 26.1. The molecule has 44 heavy (non-hydrogen) atoms. The van der Waals surface area contributed by atoms with Crippen LogP contribution in [0.4, 0.5) is 5.69 Å². The number of carbonyl (C=O) groups is 2. The Balaban J connectivity index is 1.59. The third kappa shape index (κ3) is 9.32. The molecule has 0 saturated heterocycles. The predicted molar refractivity (Wildman–Crippen MR) is 175 cm³/mol. The van der Waals surface area contributed by atoms with Crippen molar-refractivity contribution in [1.82, 2.24) is 10.2 Å². The molecule has 2 amide bonds. The summed E-state index contributed by atoms with van der Waals surface area (Å²) in [7, 11) is -3.65. The Bertz CT molecular complexity index is 1470. The van der Waals surface area contributed by atoms with E-state index in [1.54, 1.807) is 29.2 Å². The highest BCUT2D eigenvalue weighted by Crippen LogP contribution is 2.30. The molecule has 0 radical (unpaired) electrons. The molecule has 1 fully saturated rings. The highest BCUT2D eigenvalue weighted by Gasteiger charge is 2.32. The van der Waals surface area contributed by atoms with E-state index >= 15 is 0 Å². The molecular weight excluding hydrogens is 574 g/mol. The van der Waals surface area contributed by atoms with Crippen LogP contribution < -0.4 is 14.4 Å². The molecule has 3 aromatic carbocycles. The number of sulfonamides is 1. The summed E-state index contributed by atoms with van der Waals surface area (Å²) in [6.07, 6.45) is 5.96. The van der Waals surface area contributed by atoms with E-state index in [-0.39, 0.29) is 43.8 Å². The molecule has 0 spiro atoms. The quantitative estimate of drug-likeness (QED) is 0.238. The minimum atomic E-state index is -3.65. The van der Waals surface area contributed by atoms with E-state index in [1.807, 2.05) is 68.4 Å². The molecule has 0 heterocycles. The third-order valence-corrected chi connectivity index (χ3v) is 9.21. The lowest BCUT2D eigenvalue weighted by atomic mass is 10.0. The summed E-state index contributed by atoms with van der Waals surface area (Å²) < 4.78 is 32.7. The fourth-order valence-corrected chi connectivity index (χ4v) is 6.70. The van der Waals surface area contributed by atoms with Gasteiger partial charge in [-0.15, -0.1) is 0 Å². The van der Waals surface area contributed by atoms with Crippen LogP contribution in [0.25, 0.3) is 0 Å². The molecule has 1 aliphatic rings. The number of amides is 2. The molecule has 236 valence electrons. The zero-order chi connectivity index (χ0) is 31.5. The van der Waals surface area contributed by atoms with E-state index < -0.39 is 16.1 Å². The summed E-state index contributed by atoms with van der Waals surface area (Å²) in [6, 6.07) is 24.2. The van der Waals surface area contributed by atoms with Gasteiger partial charge in [0.2, 0.25) is 21.8 Å². The second-order valence-electron chi connectivity index (χ2n) is 11.5. The van der Waals surface area contributed by atoms with E-state index in [0.29, 0.717) is 24.5 Å². The molecular formula is C35H45N3O5S. The number of hydrogen-bond donors (Lipinski definition) is 1. The third-order valence-electron chi connectivity index (χ3n) is 8.03. The van der Waals surface area contributed by atoms with Crippen molar-refractivity contribution in [2.45, 2.75) is 77.4 Å². The summed E-state index contributed by atoms with van der Waals surface area (Å²) in [5, 5.41) is 3.23. The lowest BCUT2D eigenvalue weighted by molar-refractivity contribution is -0.141. The maximum atomic E-state index is 14.1. The van der Waals surface area contributed by atoms with Gasteiger partial charge in [0.05, 0.1) is 18.6 Å². The first-order chi connectivity index (χ1) is 21.2. The molecule has 4 rings (SSSR count). The van der Waals surface area contributed by atoms with E-state index in [0.717, 1.165) is 48.6 Å². The van der Waals surface area contributed by atoms with Crippen LogP contribution in [0.1, 0.15) is 62.1 Å². The van der Waals surface area contributed by atoms with Gasteiger partial charge in [0.25, 0.3) is 0 Å². The number of anilines is 1. The number of carbonyl (C=O) groups excluding carboxylic acids is 2. The fraction of sp³-hybridized carbons (Fsp3) is 0.429. The zero-order valence-corrected chi connectivity index (χ0v) is 26.9. The lowest BCUT2D eigenvalue weighted by Gasteiger charge is -2.33. The number of para-hydroxylation sites is 2. The minimum absolute atomic E-state index is 0.0800. The van der Waals surface area contributed by atoms with Crippen LogP contribution in [0.5, 0.6) is 5.75 Å². The van der Waals surface area contributed by atoms with Gasteiger partial charge in [-0.25, -0.2) is 8.42 Å². The monoisotopic (exact) mass is 619 g/mol. The average Bonchev–Trinajstić information content (AvgIpc) is 3.51. The first-order valence-electron chi connectivity index (χ1n) is 15.5. The maximum Gasteiger partial charge on any atom is 0.243 e. The Morgan fingerprint density at radius 3 is 2.25 bits per heavy atom. The van der Waals surface area contributed by atoms with Crippen molar-refractivity contribution < 1.29 is 22.7 Å². The summed E-state index contributed by atoms with van der Waals surface area (Å²) in [5.74, 6) is 0.128. The highest BCUT2D eigenvalue weighted by molar-refractivity contribution is 7.92. The molecule has 0 aliphatic heterocycles. The number of benzene rings is 3. The Labute approximate surface area is 262 Å². The molecule has 0 aromatic heterocycles. The Morgan fingerprint density at radius 2 is 1.59 bits per heavy atom. The number of rotatable bonds is 15. The van der Waals surface area contributed by atoms with Crippen LogP contribution in [-0.2, 0) is 32.6 Å². The SMILES string of the molecule is CCOc1ccccc1N(CCCC(=O)N(Cc1ccc(C)cc1)[C@H](Cc1ccccc1)C(=O)NC1CCCC1)S(C)(=O)=O. The van der Waals surface area contributed by atoms with Crippen molar-refractivity contribution in [1.29, 1.82) is 0 Å². The van der Waals surface area contributed by atoms with Gasteiger partial charge in [0.15, 0.2) is 0 Å². The number of nitrogens with one attached hydrogen (secondary N) is 1. The van der Waals surface area contributed by atoms with Crippen LogP contribution in [0, 0.1) is 6.92 Å². The van der Waals surface area contributed by atoms with E-state index in [2.05, 4.69) is 5.32 Å². The highest BCUT2D eigenvalue weighted by atomic mass is 32.2. The van der Waals surface area contributed by atoms with Crippen molar-refractivity contribution in [2.75, 3.05) is 23.7 Å². The Kier molecular flexibility index (Phi) is 11.8. The van der Waals surface area contributed by atoms with Gasteiger partial charge in [-0.05, 0) is 56.4 Å². The molecule has 1 saturated carbocycles. The maximum absolute atomic E-state index is 14.1. The van der Waals surface area contributed by atoms with Gasteiger partial charge in [-0.1, -0.05) is 85.1 Å². The first kappa shape index (κ1) is 33.1. The smallest absolute Gasteiger partial charge is 0.243 e. The number of nitrogens with zero attached hydrogens (tertiary/aromatic N) is 2. The molecule has 9 heteroatoms. The molecule has 1 atom stereocenters. The van der Waals surface area contributed by atoms with Crippen molar-refractivity contribution in [3.63, 3.8) is 0 Å². The van der Waals surface area contributed by atoms with Crippen molar-refractivity contribution in [3.8, 4) is 5.75 Å². The van der Waals surface area contributed by atoms with Gasteiger partial charge in [0, 0.05) is 32.0 Å². The second kappa shape index (κ2) is 15.7. The van der Waals surface area contributed by atoms with Crippen LogP contribution in [-0.4, -0.2) is 56.6 Å². The van der Waals surface area contributed by atoms with Crippen LogP contribution >= 0.6 is 0 Å². The lowest BCUT2D eigenvalue weighted by Crippen LogP contribution is -2.52. The summed E-state index contributed by atoms with van der Waals surface area (Å²) in [6.45, 7) is 4.63. The van der Waals surface area contributed by atoms with E-state index in [4.69, 9.17) is 4.74 Å². The van der Waals surface area contributed by atoms with Gasteiger partial charge in [-0.3, -0.25) is 13.9 Å². The molecule has 1 N–H and O–H groups in total. The van der Waals surface area contributed by atoms with Crippen molar-refractivity contribution in [3.05, 3.63) is 95.6 Å². The molecule has 1 aliphatic carbocycles. The van der Waals surface area contributed by atoms with Crippen molar-refractivity contribution in [2.24, 2.45) is 0 Å². The van der Waals surface area contributed by atoms with E-state index in [9.17, 15) is 18.0 Å². The first-order valence-corrected chi connectivity index (χ1v) is 17.4. The summed E-state index contributed by atoms with van der Waals surface area (Å²) in [4.78, 5) is 29.6. The molecule has 3 aromatic rings. The largest absolute Gasteiger partial charge is 0.492 e. The fourth-order valence-electron chi connectivity index (χ4n) is 5.73. The summed E-state index contributed by atoms with van der Waals surface area (Å²) in [5.41, 5.74) is 3.45. The average molecular weight is 620 g/mol. The van der Waals surface area contributed by atoms with E-state index in [1.165, 1.54) is 4.31 Å². The van der Waals surface area contributed by atoms with Gasteiger partial charge in [0.1, 0.15) is 11.8 Å². The normalized spacial score (nSPS) is 14.2. The van der Waals surface area contributed by atoms with Gasteiger partial charge >= 0.3 is 0 Å². The van der Waals surface area contributed by atoms with Gasteiger partial charge < -0.3 is 15.0 Å². The second-order valence-corrected chi connectivity index (χ2v) is 13.4. The van der Waals surface area contributed by atoms with Crippen LogP contribution in [0.2, 0.25) is 0 Å². The topological polar surface area (TPSA) is 96.0 Å². The standard InChI is InChI=1S/C35H45N3O5S/c1-4-43-33-18-11-10-17-31(33)38(44(3,41)42)24-12-19-34(39)37(26-29-22-20-27(2)21-23-29)32(25-28-13-6-5-7-14-28)35(40)36-30-15-8-9-16-30/h5-7,10-11,13-14,17-18,20-23,30,32H,4,8-9,12,15-16,19,24-26H2,1-3H3,(H,36,40)/t32-/m1/s1. The number of aryl methyl sites for hydroxylation is 1. The number of ether oxygens (including phenoxy) is 1. The molecule has 0 unspecified atom stereocenters. The predicted octanol–water partition coefficient (Wildman–Crippen LogP) is 5.64. The minimum Gasteiger partial charge on any atom is -0.492 e. The summed E-state index contributed by atoms with van der Waals surface area (Å²) >= 11 is 0. The Hall–Kier alpha value is -3.85. The van der Waals surface area contributed by atoms with Crippen LogP contribution in [0.3, 0.4) is 0 Å². The number of hydrogen-bond acceptors (Lipinski definition) is 5.